The van der Waals surface area contributed by atoms with E-state index < -0.39 is 0 Å². The Morgan fingerprint density at radius 1 is 1.59 bits per heavy atom. The maximum atomic E-state index is 12.3. The highest BCUT2D eigenvalue weighted by Crippen LogP contribution is 2.23. The molecule has 0 N–H and O–H groups in total. The molecule has 1 amide bonds. The van der Waals surface area contributed by atoms with Crippen LogP contribution in [0, 0.1) is 17.2 Å². The van der Waals surface area contributed by atoms with Crippen LogP contribution >= 0.6 is 11.3 Å². The number of hydrogen-bond acceptors (Lipinski definition) is 3. The Kier molecular flexibility index (Phi) is 3.80. The quantitative estimate of drug-likeness (QED) is 0.807. The van der Waals surface area contributed by atoms with Crippen molar-refractivity contribution < 1.29 is 4.79 Å². The third kappa shape index (κ3) is 2.50. The zero-order valence-electron chi connectivity index (χ0n) is 9.98. The average Bonchev–Trinajstić information content (AvgIpc) is 2.86. The fraction of sp³-hybridized carbons (Fsp3) is 0.538. The first kappa shape index (κ1) is 12.1. The van der Waals surface area contributed by atoms with Gasteiger partial charge in [-0.15, -0.1) is 11.3 Å². The molecule has 0 unspecified atom stereocenters. The van der Waals surface area contributed by atoms with E-state index in [4.69, 9.17) is 5.26 Å². The topological polar surface area (TPSA) is 44.1 Å². The largest absolute Gasteiger partial charge is 0.338 e. The number of nitrogens with zero attached hydrogens (tertiary/aromatic N) is 2. The second kappa shape index (κ2) is 5.33. The lowest BCUT2D eigenvalue weighted by Crippen LogP contribution is -2.38. The summed E-state index contributed by atoms with van der Waals surface area (Å²) in [5.41, 5.74) is 1.14. The van der Waals surface area contributed by atoms with E-state index in [2.05, 4.69) is 13.0 Å². The van der Waals surface area contributed by atoms with Crippen molar-refractivity contribution in [1.82, 2.24) is 4.90 Å². The van der Waals surface area contributed by atoms with E-state index in [0.29, 0.717) is 0 Å². The molecule has 17 heavy (non-hydrogen) atoms. The van der Waals surface area contributed by atoms with E-state index in [-0.39, 0.29) is 11.8 Å². The van der Waals surface area contributed by atoms with Gasteiger partial charge in [-0.2, -0.15) is 5.26 Å². The van der Waals surface area contributed by atoms with Gasteiger partial charge in [-0.05, 0) is 36.3 Å². The van der Waals surface area contributed by atoms with Crippen molar-refractivity contribution in [2.45, 2.75) is 26.2 Å². The third-order valence-electron chi connectivity index (χ3n) is 3.29. The number of hydrogen-bond donors (Lipinski definition) is 0. The molecule has 1 fully saturated rings. The smallest absolute Gasteiger partial charge is 0.264 e. The number of carbonyl (C=O) groups is 1. The minimum absolute atomic E-state index is 0.132. The second-order valence-corrected chi connectivity index (χ2v) is 5.24. The fourth-order valence-corrected chi connectivity index (χ4v) is 3.12. The van der Waals surface area contributed by atoms with E-state index in [0.717, 1.165) is 42.8 Å². The van der Waals surface area contributed by atoms with Crippen molar-refractivity contribution in [2.24, 2.45) is 5.92 Å². The maximum Gasteiger partial charge on any atom is 0.264 e. The predicted octanol–water partition coefficient (Wildman–Crippen LogP) is 2.69. The minimum atomic E-state index is 0.132. The molecule has 0 atom stereocenters. The number of amides is 1. The molecule has 0 radical (unpaired) electrons. The highest BCUT2D eigenvalue weighted by Gasteiger charge is 2.25. The number of carbonyl (C=O) groups excluding carboxylic acids is 1. The van der Waals surface area contributed by atoms with Crippen molar-refractivity contribution in [1.29, 1.82) is 5.26 Å². The van der Waals surface area contributed by atoms with Crippen LogP contribution in [0.3, 0.4) is 0 Å². The monoisotopic (exact) mass is 248 g/mol. The lowest BCUT2D eigenvalue weighted by Gasteiger charge is -2.29. The van der Waals surface area contributed by atoms with Crippen LogP contribution in [-0.2, 0) is 6.42 Å². The van der Waals surface area contributed by atoms with Crippen LogP contribution in [0.4, 0.5) is 0 Å². The van der Waals surface area contributed by atoms with Crippen molar-refractivity contribution in [2.75, 3.05) is 13.1 Å². The number of piperidine rings is 1. The first-order valence-electron chi connectivity index (χ1n) is 6.01. The Bertz CT molecular complexity index is 439. The fourth-order valence-electron chi connectivity index (χ4n) is 2.16. The molecule has 1 aromatic rings. The summed E-state index contributed by atoms with van der Waals surface area (Å²) in [5, 5.41) is 10.8. The van der Waals surface area contributed by atoms with Gasteiger partial charge in [0.1, 0.15) is 0 Å². The van der Waals surface area contributed by atoms with Crippen LogP contribution in [0.5, 0.6) is 0 Å². The molecule has 0 saturated carbocycles. The molecule has 90 valence electrons. The number of nitriles is 1. The lowest BCUT2D eigenvalue weighted by molar-refractivity contribution is 0.0711. The van der Waals surface area contributed by atoms with Crippen LogP contribution < -0.4 is 0 Å². The summed E-state index contributed by atoms with van der Waals surface area (Å²) >= 11 is 1.53. The summed E-state index contributed by atoms with van der Waals surface area (Å²) in [6, 6.07) is 4.31. The first-order chi connectivity index (χ1) is 8.26. The Labute approximate surface area is 106 Å². The SMILES string of the molecule is CCc1ccsc1C(=O)N1CCC(C#N)CC1. The van der Waals surface area contributed by atoms with Gasteiger partial charge < -0.3 is 4.90 Å². The zero-order chi connectivity index (χ0) is 12.3. The maximum absolute atomic E-state index is 12.3. The average molecular weight is 248 g/mol. The van der Waals surface area contributed by atoms with Gasteiger partial charge in [0.2, 0.25) is 0 Å². The van der Waals surface area contributed by atoms with Gasteiger partial charge in [0.05, 0.1) is 10.9 Å². The molecular formula is C13H16N2OS. The summed E-state index contributed by atoms with van der Waals surface area (Å²) in [4.78, 5) is 15.1. The second-order valence-electron chi connectivity index (χ2n) is 4.32. The molecule has 1 saturated heterocycles. The van der Waals surface area contributed by atoms with Gasteiger partial charge in [-0.3, -0.25) is 4.79 Å². The van der Waals surface area contributed by atoms with Gasteiger partial charge >= 0.3 is 0 Å². The van der Waals surface area contributed by atoms with Gasteiger partial charge in [0.15, 0.2) is 0 Å². The molecule has 4 heteroatoms. The predicted molar refractivity (Wildman–Crippen MR) is 67.9 cm³/mol. The van der Waals surface area contributed by atoms with Crippen molar-refractivity contribution in [3.05, 3.63) is 21.9 Å². The van der Waals surface area contributed by atoms with Gasteiger partial charge in [-0.25, -0.2) is 0 Å². The molecule has 2 heterocycles. The molecule has 0 spiro atoms. The van der Waals surface area contributed by atoms with Gasteiger partial charge in [0.25, 0.3) is 5.91 Å². The highest BCUT2D eigenvalue weighted by molar-refractivity contribution is 7.12. The number of thiophene rings is 1. The van der Waals surface area contributed by atoms with E-state index >= 15 is 0 Å². The van der Waals surface area contributed by atoms with E-state index in [9.17, 15) is 4.79 Å². The molecule has 0 aliphatic carbocycles. The molecule has 2 rings (SSSR count). The van der Waals surface area contributed by atoms with E-state index in [1.165, 1.54) is 11.3 Å². The number of aryl methyl sites for hydroxylation is 1. The molecule has 1 aromatic heterocycles. The first-order valence-corrected chi connectivity index (χ1v) is 6.89. The number of likely N-dealkylation sites (tertiary alicyclic amines) is 1. The van der Waals surface area contributed by atoms with Gasteiger partial charge in [-0.1, -0.05) is 6.92 Å². The summed E-state index contributed by atoms with van der Waals surface area (Å²) in [7, 11) is 0. The van der Waals surface area contributed by atoms with Crippen molar-refractivity contribution >= 4 is 17.2 Å². The third-order valence-corrected chi connectivity index (χ3v) is 4.23. The van der Waals surface area contributed by atoms with Gasteiger partial charge in [0, 0.05) is 19.0 Å². The highest BCUT2D eigenvalue weighted by atomic mass is 32.1. The number of rotatable bonds is 2. The van der Waals surface area contributed by atoms with Crippen LogP contribution in [0.15, 0.2) is 11.4 Å². The Balaban J connectivity index is 2.05. The normalized spacial score (nSPS) is 16.8. The molecule has 0 aromatic carbocycles. The molecule has 1 aliphatic rings. The minimum Gasteiger partial charge on any atom is -0.338 e. The standard InChI is InChI=1S/C13H16N2OS/c1-2-11-5-8-17-12(11)13(16)15-6-3-10(9-14)4-7-15/h5,8,10H,2-4,6-7H2,1H3. The van der Waals surface area contributed by atoms with Crippen LogP contribution in [0.25, 0.3) is 0 Å². The Morgan fingerprint density at radius 2 is 2.29 bits per heavy atom. The lowest BCUT2D eigenvalue weighted by atomic mass is 9.98. The van der Waals surface area contributed by atoms with E-state index in [1.807, 2.05) is 16.3 Å². The van der Waals surface area contributed by atoms with Crippen LogP contribution in [0.1, 0.15) is 35.0 Å². The van der Waals surface area contributed by atoms with Crippen molar-refractivity contribution in [3.63, 3.8) is 0 Å². The van der Waals surface area contributed by atoms with E-state index in [1.54, 1.807) is 0 Å². The molecule has 1 aliphatic heterocycles. The summed E-state index contributed by atoms with van der Waals surface area (Å²) in [6.07, 6.45) is 2.53. The molecule has 3 nitrogen and oxygen atoms in total. The molecular weight excluding hydrogens is 232 g/mol. The van der Waals surface area contributed by atoms with Crippen LogP contribution in [-0.4, -0.2) is 23.9 Å². The summed E-state index contributed by atoms with van der Waals surface area (Å²) in [5.74, 6) is 0.279. The Morgan fingerprint density at radius 3 is 2.88 bits per heavy atom. The Hall–Kier alpha value is -1.34. The zero-order valence-corrected chi connectivity index (χ0v) is 10.8. The summed E-state index contributed by atoms with van der Waals surface area (Å²) in [6.45, 7) is 3.51. The van der Waals surface area contributed by atoms with Crippen LogP contribution in [0.2, 0.25) is 0 Å². The van der Waals surface area contributed by atoms with Crippen molar-refractivity contribution in [3.8, 4) is 6.07 Å². The molecule has 0 bridgehead atoms. The summed E-state index contributed by atoms with van der Waals surface area (Å²) < 4.78 is 0.